The minimum absolute atomic E-state index is 0.163. The Hall–Kier alpha value is -1.26. The monoisotopic (exact) mass is 324 g/mol. The molecule has 0 bridgehead atoms. The largest absolute Gasteiger partial charge is 0.496 e. The van der Waals surface area contributed by atoms with Crippen molar-refractivity contribution < 1.29 is 4.74 Å². The number of benzene rings is 2. The Balaban J connectivity index is 2.50. The fourth-order valence-corrected chi connectivity index (χ4v) is 2.71. The molecule has 0 radical (unpaired) electrons. The molecule has 0 spiro atoms. The molecular weight excluding hydrogens is 307 g/mol. The van der Waals surface area contributed by atoms with Crippen LogP contribution in [0.15, 0.2) is 30.3 Å². The van der Waals surface area contributed by atoms with Crippen LogP contribution in [0.2, 0.25) is 10.0 Å². The summed E-state index contributed by atoms with van der Waals surface area (Å²) >= 11 is 12.1. The highest BCUT2D eigenvalue weighted by atomic mass is 35.5. The Morgan fingerprint density at radius 2 is 1.76 bits per heavy atom. The molecule has 1 atom stereocenters. The molecule has 21 heavy (non-hydrogen) atoms. The summed E-state index contributed by atoms with van der Waals surface area (Å²) in [5.74, 6) is 6.62. The maximum absolute atomic E-state index is 6.10. The van der Waals surface area contributed by atoms with Crippen LogP contribution in [0.4, 0.5) is 0 Å². The second-order valence-electron chi connectivity index (χ2n) is 4.95. The summed E-state index contributed by atoms with van der Waals surface area (Å²) in [4.78, 5) is 0. The summed E-state index contributed by atoms with van der Waals surface area (Å²) in [5, 5.41) is 1.04. The van der Waals surface area contributed by atoms with Gasteiger partial charge in [0, 0.05) is 0 Å². The lowest BCUT2D eigenvalue weighted by molar-refractivity contribution is 0.411. The van der Waals surface area contributed by atoms with Crippen molar-refractivity contribution in [3.63, 3.8) is 0 Å². The second kappa shape index (κ2) is 6.67. The number of hydrazine groups is 1. The zero-order valence-corrected chi connectivity index (χ0v) is 13.7. The zero-order chi connectivity index (χ0) is 15.6. The van der Waals surface area contributed by atoms with Gasteiger partial charge in [0.1, 0.15) is 5.75 Å². The number of methoxy groups -OCH3 is 1. The van der Waals surface area contributed by atoms with E-state index in [2.05, 4.69) is 11.5 Å². The van der Waals surface area contributed by atoms with E-state index < -0.39 is 0 Å². The zero-order valence-electron chi connectivity index (χ0n) is 12.2. The van der Waals surface area contributed by atoms with E-state index in [0.717, 1.165) is 28.0 Å². The van der Waals surface area contributed by atoms with Crippen LogP contribution in [-0.2, 0) is 0 Å². The van der Waals surface area contributed by atoms with Crippen molar-refractivity contribution in [3.05, 3.63) is 62.6 Å². The van der Waals surface area contributed by atoms with Crippen LogP contribution in [-0.4, -0.2) is 7.11 Å². The predicted octanol–water partition coefficient (Wildman–Crippen LogP) is 4.17. The average molecular weight is 325 g/mol. The molecule has 0 aliphatic heterocycles. The van der Waals surface area contributed by atoms with Crippen molar-refractivity contribution in [2.75, 3.05) is 7.11 Å². The number of halogens is 2. The smallest absolute Gasteiger partial charge is 0.122 e. The lowest BCUT2D eigenvalue weighted by atomic mass is 9.93. The van der Waals surface area contributed by atoms with Gasteiger partial charge in [-0.3, -0.25) is 5.84 Å². The van der Waals surface area contributed by atoms with Crippen molar-refractivity contribution in [2.45, 2.75) is 19.9 Å². The molecule has 2 rings (SSSR count). The number of ether oxygens (including phenoxy) is 1. The Morgan fingerprint density at radius 1 is 1.05 bits per heavy atom. The molecule has 0 heterocycles. The number of rotatable bonds is 4. The van der Waals surface area contributed by atoms with E-state index in [1.54, 1.807) is 13.2 Å². The van der Waals surface area contributed by atoms with Gasteiger partial charge in [0.05, 0.1) is 23.2 Å². The minimum atomic E-state index is -0.163. The lowest BCUT2D eigenvalue weighted by Gasteiger charge is -2.21. The molecule has 1 unspecified atom stereocenters. The fourth-order valence-electron chi connectivity index (χ4n) is 2.40. The first-order valence-electron chi connectivity index (χ1n) is 6.54. The lowest BCUT2D eigenvalue weighted by Crippen LogP contribution is -2.29. The van der Waals surface area contributed by atoms with Gasteiger partial charge in [-0.05, 0) is 54.3 Å². The highest BCUT2D eigenvalue weighted by molar-refractivity contribution is 6.42. The first kappa shape index (κ1) is 16.1. The number of nitrogens with two attached hydrogens (primary N) is 1. The van der Waals surface area contributed by atoms with Crippen LogP contribution in [0.5, 0.6) is 5.75 Å². The normalized spacial score (nSPS) is 12.3. The Labute approximate surface area is 135 Å². The molecule has 2 aromatic carbocycles. The number of nitrogens with one attached hydrogen (secondary N) is 1. The number of hydrogen-bond acceptors (Lipinski definition) is 3. The van der Waals surface area contributed by atoms with Gasteiger partial charge < -0.3 is 4.74 Å². The minimum Gasteiger partial charge on any atom is -0.496 e. The van der Waals surface area contributed by atoms with E-state index in [-0.39, 0.29) is 6.04 Å². The number of hydrogen-bond donors (Lipinski definition) is 2. The molecule has 0 saturated carbocycles. The molecule has 0 saturated heterocycles. The van der Waals surface area contributed by atoms with E-state index in [1.807, 2.05) is 32.0 Å². The van der Waals surface area contributed by atoms with E-state index in [4.69, 9.17) is 33.8 Å². The molecule has 3 nitrogen and oxygen atoms in total. The summed E-state index contributed by atoms with van der Waals surface area (Å²) in [6.07, 6.45) is 0. The summed E-state index contributed by atoms with van der Waals surface area (Å²) in [7, 11) is 1.67. The molecular formula is C16H18Cl2N2O. The highest BCUT2D eigenvalue weighted by Gasteiger charge is 2.17. The third kappa shape index (κ3) is 3.33. The van der Waals surface area contributed by atoms with E-state index in [0.29, 0.717) is 10.0 Å². The maximum Gasteiger partial charge on any atom is 0.122 e. The Morgan fingerprint density at radius 3 is 2.33 bits per heavy atom. The summed E-state index contributed by atoms with van der Waals surface area (Å²) in [5.41, 5.74) is 7.02. The van der Waals surface area contributed by atoms with Crippen LogP contribution in [0.25, 0.3) is 0 Å². The quantitative estimate of drug-likeness (QED) is 0.655. The van der Waals surface area contributed by atoms with Crippen LogP contribution < -0.4 is 16.0 Å². The van der Waals surface area contributed by atoms with Crippen LogP contribution in [0.1, 0.15) is 28.3 Å². The van der Waals surface area contributed by atoms with E-state index in [9.17, 15) is 0 Å². The van der Waals surface area contributed by atoms with Crippen molar-refractivity contribution >= 4 is 23.2 Å². The van der Waals surface area contributed by atoms with E-state index >= 15 is 0 Å². The molecule has 0 aliphatic carbocycles. The topological polar surface area (TPSA) is 47.3 Å². The summed E-state index contributed by atoms with van der Waals surface area (Å²) < 4.78 is 5.34. The van der Waals surface area contributed by atoms with Gasteiger partial charge in [0.2, 0.25) is 0 Å². The third-order valence-corrected chi connectivity index (χ3v) is 4.28. The standard InChI is InChI=1S/C16H18Cl2N2O/c1-9-7-15(21-3)10(2)6-12(9)16(20-19)11-4-5-13(17)14(18)8-11/h4-8,16,20H,19H2,1-3H3. The Kier molecular flexibility index (Phi) is 5.12. The van der Waals surface area contributed by atoms with Gasteiger partial charge in [-0.25, -0.2) is 5.43 Å². The van der Waals surface area contributed by atoms with Crippen LogP contribution >= 0.6 is 23.2 Å². The first-order valence-corrected chi connectivity index (χ1v) is 7.29. The second-order valence-corrected chi connectivity index (χ2v) is 5.77. The highest BCUT2D eigenvalue weighted by Crippen LogP contribution is 2.32. The van der Waals surface area contributed by atoms with Crippen LogP contribution in [0, 0.1) is 13.8 Å². The molecule has 0 aliphatic rings. The fraction of sp³-hybridized carbons (Fsp3) is 0.250. The van der Waals surface area contributed by atoms with Gasteiger partial charge in [0.25, 0.3) is 0 Å². The van der Waals surface area contributed by atoms with Crippen molar-refractivity contribution in [1.82, 2.24) is 5.43 Å². The average Bonchev–Trinajstić information content (AvgIpc) is 2.46. The third-order valence-electron chi connectivity index (χ3n) is 3.54. The van der Waals surface area contributed by atoms with Crippen molar-refractivity contribution in [1.29, 1.82) is 0 Å². The number of aryl methyl sites for hydroxylation is 2. The Bertz CT molecular complexity index is 659. The summed E-state index contributed by atoms with van der Waals surface area (Å²) in [6.45, 7) is 4.03. The molecule has 0 aromatic heterocycles. The molecule has 0 fully saturated rings. The van der Waals surface area contributed by atoms with Gasteiger partial charge in [-0.15, -0.1) is 0 Å². The molecule has 0 amide bonds. The molecule has 112 valence electrons. The van der Waals surface area contributed by atoms with Gasteiger partial charge >= 0.3 is 0 Å². The van der Waals surface area contributed by atoms with Gasteiger partial charge in [-0.2, -0.15) is 0 Å². The predicted molar refractivity (Wildman–Crippen MR) is 88.1 cm³/mol. The molecule has 5 heteroatoms. The molecule has 2 aromatic rings. The van der Waals surface area contributed by atoms with Gasteiger partial charge in [0.15, 0.2) is 0 Å². The summed E-state index contributed by atoms with van der Waals surface area (Å²) in [6, 6.07) is 9.43. The van der Waals surface area contributed by atoms with Gasteiger partial charge in [-0.1, -0.05) is 35.3 Å². The molecule has 3 N–H and O–H groups in total. The van der Waals surface area contributed by atoms with Crippen LogP contribution in [0.3, 0.4) is 0 Å². The SMILES string of the molecule is COc1cc(C)c(C(NN)c2ccc(Cl)c(Cl)c2)cc1C. The first-order chi connectivity index (χ1) is 9.97. The van der Waals surface area contributed by atoms with Crippen molar-refractivity contribution in [2.24, 2.45) is 5.84 Å². The van der Waals surface area contributed by atoms with E-state index in [1.165, 1.54) is 0 Å². The van der Waals surface area contributed by atoms with Crippen molar-refractivity contribution in [3.8, 4) is 5.75 Å². The maximum atomic E-state index is 6.10.